The zero-order chi connectivity index (χ0) is 24.4. The molecule has 0 aliphatic heterocycles. The summed E-state index contributed by atoms with van der Waals surface area (Å²) < 4.78 is 20.2. The van der Waals surface area contributed by atoms with Gasteiger partial charge in [-0.15, -0.1) is 11.3 Å². The van der Waals surface area contributed by atoms with E-state index in [-0.39, 0.29) is 22.6 Å². The van der Waals surface area contributed by atoms with Gasteiger partial charge in [0.25, 0.3) is 0 Å². The van der Waals surface area contributed by atoms with Gasteiger partial charge in [0.2, 0.25) is 0 Å². The molecule has 8 heteroatoms. The lowest BCUT2D eigenvalue weighted by molar-refractivity contribution is 0.0703. The van der Waals surface area contributed by atoms with Crippen LogP contribution in [0, 0.1) is 19.3 Å². The lowest BCUT2D eigenvalue weighted by Gasteiger charge is -2.25. The number of nitrogens with one attached hydrogen (secondary N) is 1. The molecule has 1 unspecified atom stereocenters. The van der Waals surface area contributed by atoms with E-state index in [0.29, 0.717) is 16.7 Å². The van der Waals surface area contributed by atoms with E-state index >= 15 is 0 Å². The quantitative estimate of drug-likeness (QED) is 0.306. The van der Waals surface area contributed by atoms with E-state index in [1.807, 2.05) is 38.1 Å². The summed E-state index contributed by atoms with van der Waals surface area (Å²) in [6.45, 7) is 10.4. The molecule has 2 aromatic carbocycles. The van der Waals surface area contributed by atoms with E-state index < -0.39 is 13.5 Å². The van der Waals surface area contributed by atoms with Crippen LogP contribution >= 0.6 is 30.5 Å². The molecule has 2 N–H and O–H groups in total. The highest BCUT2D eigenvalue weighted by atomic mass is 35.5. The number of hydrogen-bond acceptors (Lipinski definition) is 4. The first-order chi connectivity index (χ1) is 15.4. The summed E-state index contributed by atoms with van der Waals surface area (Å²) in [5.74, 6) is -1.09. The molecule has 5 nitrogen and oxygen atoms in total. The van der Waals surface area contributed by atoms with Crippen molar-refractivity contribution in [2.75, 3.05) is 11.7 Å². The van der Waals surface area contributed by atoms with Gasteiger partial charge in [0, 0.05) is 9.90 Å². The molecule has 0 fully saturated rings. The van der Waals surface area contributed by atoms with Gasteiger partial charge in [-0.3, -0.25) is 4.57 Å². The Morgan fingerprint density at radius 1 is 1.12 bits per heavy atom. The molecule has 3 aromatic rings. The fourth-order valence-corrected chi connectivity index (χ4v) is 6.45. The predicted octanol–water partition coefficient (Wildman–Crippen LogP) is 7.77. The summed E-state index contributed by atoms with van der Waals surface area (Å²) in [6, 6.07) is 14.5. The number of carbonyl (C=O) groups is 1. The predicted molar refractivity (Wildman–Crippen MR) is 139 cm³/mol. The van der Waals surface area contributed by atoms with Gasteiger partial charge in [0.05, 0.1) is 17.6 Å². The van der Waals surface area contributed by atoms with E-state index in [4.69, 9.17) is 16.1 Å². The standard InChI is InChI=1S/C25H29ClNO4PS/c1-16-6-11-21(17(2)14-16)32(30,31-13-12-25(3,4)5)27-20-15-22(33-23(20)24(28)29)18-7-9-19(26)10-8-18/h6-11,14-15H,12-13H2,1-5H3,(H,27,30)(H,28,29). The van der Waals surface area contributed by atoms with Crippen LogP contribution < -0.4 is 10.4 Å². The maximum Gasteiger partial charge on any atom is 0.348 e. The van der Waals surface area contributed by atoms with Gasteiger partial charge in [-0.1, -0.05) is 62.2 Å². The molecule has 0 radical (unpaired) electrons. The van der Waals surface area contributed by atoms with Crippen LogP contribution in [0.4, 0.5) is 5.69 Å². The third-order valence-corrected chi connectivity index (χ3v) is 8.76. The number of halogens is 1. The van der Waals surface area contributed by atoms with Crippen LogP contribution in [0.1, 0.15) is 48.0 Å². The molecule has 176 valence electrons. The van der Waals surface area contributed by atoms with Gasteiger partial charge in [0.15, 0.2) is 0 Å². The Hall–Kier alpha value is -2.11. The molecule has 1 aromatic heterocycles. The number of carboxylic acid groups (broad SMARTS) is 1. The highest BCUT2D eigenvalue weighted by Gasteiger charge is 2.31. The fraction of sp³-hybridized carbons (Fsp3) is 0.320. The van der Waals surface area contributed by atoms with E-state index in [1.165, 1.54) is 0 Å². The Kier molecular flexibility index (Phi) is 7.75. The zero-order valence-electron chi connectivity index (χ0n) is 19.4. The zero-order valence-corrected chi connectivity index (χ0v) is 21.9. The van der Waals surface area contributed by atoms with Crippen molar-refractivity contribution in [3.05, 3.63) is 69.6 Å². The van der Waals surface area contributed by atoms with Crippen molar-refractivity contribution >= 4 is 47.4 Å². The Bertz CT molecular complexity index is 1200. The highest BCUT2D eigenvalue weighted by molar-refractivity contribution is 7.68. The number of thiophene rings is 1. The minimum atomic E-state index is -3.62. The molecule has 33 heavy (non-hydrogen) atoms. The summed E-state index contributed by atoms with van der Waals surface area (Å²) in [6.07, 6.45) is 0.703. The molecule has 3 rings (SSSR count). The topological polar surface area (TPSA) is 75.6 Å². The van der Waals surface area contributed by atoms with Crippen molar-refractivity contribution in [2.45, 2.75) is 41.0 Å². The first-order valence-corrected chi connectivity index (χ1v) is 13.4. The lowest BCUT2D eigenvalue weighted by atomic mass is 9.93. The van der Waals surface area contributed by atoms with E-state index in [2.05, 4.69) is 25.9 Å². The van der Waals surface area contributed by atoms with Crippen LogP contribution in [0.15, 0.2) is 48.5 Å². The minimum Gasteiger partial charge on any atom is -0.477 e. The fourth-order valence-electron chi connectivity index (χ4n) is 3.33. The molecule has 1 atom stereocenters. The van der Waals surface area contributed by atoms with Gasteiger partial charge in [0.1, 0.15) is 4.88 Å². The second-order valence-electron chi connectivity index (χ2n) is 9.26. The molecular weight excluding hydrogens is 477 g/mol. The maximum atomic E-state index is 14.2. The first kappa shape index (κ1) is 25.5. The third kappa shape index (κ3) is 6.48. The van der Waals surface area contributed by atoms with Crippen LogP contribution in [-0.2, 0) is 9.09 Å². The molecular formula is C25H29ClNO4PS. The number of benzene rings is 2. The van der Waals surface area contributed by atoms with Gasteiger partial charge in [-0.2, -0.15) is 0 Å². The second-order valence-corrected chi connectivity index (χ2v) is 12.8. The van der Waals surface area contributed by atoms with E-state index in [9.17, 15) is 14.5 Å². The van der Waals surface area contributed by atoms with Gasteiger partial charge < -0.3 is 14.7 Å². The van der Waals surface area contributed by atoms with Crippen molar-refractivity contribution in [3.63, 3.8) is 0 Å². The third-order valence-electron chi connectivity index (χ3n) is 5.12. The Balaban J connectivity index is 2.03. The molecule has 1 heterocycles. The van der Waals surface area contributed by atoms with Gasteiger partial charge in [-0.25, -0.2) is 4.79 Å². The van der Waals surface area contributed by atoms with Crippen molar-refractivity contribution in [2.24, 2.45) is 5.41 Å². The lowest BCUT2D eigenvalue weighted by Crippen LogP contribution is -2.19. The maximum absolute atomic E-state index is 14.2. The normalized spacial score (nSPS) is 13.5. The highest BCUT2D eigenvalue weighted by Crippen LogP contribution is 2.50. The second kappa shape index (κ2) is 10.0. The number of rotatable bonds is 8. The summed E-state index contributed by atoms with van der Waals surface area (Å²) in [5, 5.41) is 14.0. The number of anilines is 1. The Morgan fingerprint density at radius 2 is 1.79 bits per heavy atom. The minimum absolute atomic E-state index is 0.00348. The first-order valence-electron chi connectivity index (χ1n) is 10.6. The van der Waals surface area contributed by atoms with E-state index in [0.717, 1.165) is 32.9 Å². The van der Waals surface area contributed by atoms with Crippen molar-refractivity contribution in [1.29, 1.82) is 0 Å². The van der Waals surface area contributed by atoms with Crippen LogP contribution in [-0.4, -0.2) is 17.7 Å². The van der Waals surface area contributed by atoms with Crippen LogP contribution in [0.2, 0.25) is 5.02 Å². The Labute approximate surface area is 204 Å². The smallest absolute Gasteiger partial charge is 0.348 e. The summed E-state index contributed by atoms with van der Waals surface area (Å²) in [5.41, 5.74) is 2.98. The van der Waals surface area contributed by atoms with Gasteiger partial charge in [-0.05, 0) is 61.1 Å². The number of aromatic carboxylic acids is 1. The number of carboxylic acids is 1. The van der Waals surface area contributed by atoms with Crippen molar-refractivity contribution in [1.82, 2.24) is 0 Å². The molecule has 0 saturated carbocycles. The number of aryl methyl sites for hydroxylation is 2. The molecule has 0 aliphatic rings. The summed E-state index contributed by atoms with van der Waals surface area (Å²) in [4.78, 5) is 12.8. The van der Waals surface area contributed by atoms with Crippen LogP contribution in [0.3, 0.4) is 0 Å². The molecule has 0 spiro atoms. The number of hydrogen-bond donors (Lipinski definition) is 2. The monoisotopic (exact) mass is 505 g/mol. The van der Waals surface area contributed by atoms with Crippen LogP contribution in [0.25, 0.3) is 10.4 Å². The van der Waals surface area contributed by atoms with Crippen molar-refractivity contribution < 1.29 is 19.0 Å². The Morgan fingerprint density at radius 3 is 2.36 bits per heavy atom. The van der Waals surface area contributed by atoms with Gasteiger partial charge >= 0.3 is 13.5 Å². The average molecular weight is 506 g/mol. The molecule has 0 bridgehead atoms. The largest absolute Gasteiger partial charge is 0.477 e. The summed E-state index contributed by atoms with van der Waals surface area (Å²) in [7, 11) is -3.62. The van der Waals surface area contributed by atoms with Crippen LogP contribution in [0.5, 0.6) is 0 Å². The molecule has 0 amide bonds. The SMILES string of the molecule is Cc1ccc(P(=O)(Nc2cc(-c3ccc(Cl)cc3)sc2C(=O)O)OCCC(C)(C)C)c(C)c1. The molecule has 0 aliphatic carbocycles. The summed E-state index contributed by atoms with van der Waals surface area (Å²) >= 11 is 7.11. The van der Waals surface area contributed by atoms with Crippen molar-refractivity contribution in [3.8, 4) is 10.4 Å². The molecule has 0 saturated heterocycles. The average Bonchev–Trinajstić information content (AvgIpc) is 3.11. The van der Waals surface area contributed by atoms with E-state index in [1.54, 1.807) is 24.3 Å².